The number of halogens is 1. The second kappa shape index (κ2) is 5.02. The van der Waals surface area contributed by atoms with Crippen LogP contribution in [0.5, 0.6) is 0 Å². The zero-order valence-corrected chi connectivity index (χ0v) is 13.2. The molecule has 4 rings (SSSR count). The van der Waals surface area contributed by atoms with Gasteiger partial charge in [0.1, 0.15) is 17.3 Å². The molecule has 2 N–H and O–H groups in total. The number of hydrogen-bond donors (Lipinski definition) is 2. The predicted molar refractivity (Wildman–Crippen MR) is 88.2 cm³/mol. The maximum atomic E-state index is 6.29. The van der Waals surface area contributed by atoms with Crippen molar-refractivity contribution in [3.63, 3.8) is 0 Å². The summed E-state index contributed by atoms with van der Waals surface area (Å²) in [5.74, 6) is 1.90. The van der Waals surface area contributed by atoms with Gasteiger partial charge >= 0.3 is 0 Å². The second-order valence-corrected chi connectivity index (χ2v) is 6.59. The lowest BCUT2D eigenvalue weighted by molar-refractivity contribution is 0.438. The number of anilines is 1. The van der Waals surface area contributed by atoms with Crippen LogP contribution in [0.1, 0.15) is 18.7 Å². The van der Waals surface area contributed by atoms with Gasteiger partial charge in [0.05, 0.1) is 5.02 Å². The number of imidazole rings is 1. The van der Waals surface area contributed by atoms with Crippen molar-refractivity contribution in [3.05, 3.63) is 41.6 Å². The summed E-state index contributed by atoms with van der Waals surface area (Å²) in [6.45, 7) is 3.95. The lowest BCUT2D eigenvalue weighted by Gasteiger charge is -2.18. The largest absolute Gasteiger partial charge is 0.369 e. The van der Waals surface area contributed by atoms with E-state index in [0.717, 1.165) is 40.8 Å². The highest BCUT2D eigenvalue weighted by atomic mass is 35.5. The van der Waals surface area contributed by atoms with E-state index in [2.05, 4.69) is 31.0 Å². The van der Waals surface area contributed by atoms with Gasteiger partial charge in [-0.05, 0) is 31.9 Å². The van der Waals surface area contributed by atoms with Crippen LogP contribution in [0, 0.1) is 12.3 Å². The summed E-state index contributed by atoms with van der Waals surface area (Å²) >= 11 is 6.29. The van der Waals surface area contributed by atoms with Crippen LogP contribution >= 0.6 is 11.6 Å². The average Bonchev–Trinajstić information content (AvgIpc) is 2.89. The van der Waals surface area contributed by atoms with Crippen LogP contribution in [0.3, 0.4) is 0 Å². The zero-order chi connectivity index (χ0) is 15.2. The third-order valence-electron chi connectivity index (χ3n) is 4.51. The van der Waals surface area contributed by atoms with E-state index in [0.29, 0.717) is 5.41 Å². The van der Waals surface area contributed by atoms with E-state index in [4.69, 9.17) is 11.6 Å². The van der Waals surface area contributed by atoms with Gasteiger partial charge < -0.3 is 14.9 Å². The maximum absolute atomic E-state index is 6.29. The smallest absolute Gasteiger partial charge is 0.141 e. The molecule has 1 aliphatic rings. The van der Waals surface area contributed by atoms with E-state index in [9.17, 15) is 0 Å². The first-order valence-electron chi connectivity index (χ1n) is 7.51. The topological polar surface area (TPSA) is 58.5 Å². The lowest BCUT2D eigenvalue weighted by Crippen LogP contribution is -2.22. The summed E-state index contributed by atoms with van der Waals surface area (Å²) in [4.78, 5) is 12.0. The molecular weight excluding hydrogens is 298 g/mol. The summed E-state index contributed by atoms with van der Waals surface area (Å²) in [7, 11) is 0. The quantitative estimate of drug-likeness (QED) is 0.756. The molecule has 6 heteroatoms. The Morgan fingerprint density at radius 3 is 3.05 bits per heavy atom. The van der Waals surface area contributed by atoms with Crippen LogP contribution in [-0.4, -0.2) is 26.1 Å². The lowest BCUT2D eigenvalue weighted by atomic mass is 10.1. The van der Waals surface area contributed by atoms with Crippen molar-refractivity contribution in [2.45, 2.75) is 26.3 Å². The Morgan fingerprint density at radius 1 is 1.45 bits per heavy atom. The monoisotopic (exact) mass is 315 g/mol. The highest BCUT2D eigenvalue weighted by Gasteiger charge is 2.42. The van der Waals surface area contributed by atoms with E-state index in [1.54, 1.807) is 0 Å². The first-order chi connectivity index (χ1) is 10.7. The molecule has 1 aliphatic carbocycles. The van der Waals surface area contributed by atoms with Crippen molar-refractivity contribution in [3.8, 4) is 0 Å². The van der Waals surface area contributed by atoms with Gasteiger partial charge in [0.2, 0.25) is 0 Å². The molecule has 1 fully saturated rings. The first-order valence-corrected chi connectivity index (χ1v) is 7.88. The van der Waals surface area contributed by atoms with Gasteiger partial charge in [0, 0.05) is 42.5 Å². The molecule has 0 saturated heterocycles. The van der Waals surface area contributed by atoms with E-state index >= 15 is 0 Å². The molecule has 3 heterocycles. The number of pyridine rings is 1. The first kappa shape index (κ1) is 13.6. The number of fused-ring (bicyclic) bond motifs is 1. The Bertz CT molecular complexity index is 815. The van der Waals surface area contributed by atoms with Crippen LogP contribution in [-0.2, 0) is 6.54 Å². The minimum absolute atomic E-state index is 0.310. The number of hydrogen-bond acceptors (Lipinski definition) is 3. The van der Waals surface area contributed by atoms with Crippen LogP contribution in [0.15, 0.2) is 30.7 Å². The fourth-order valence-electron chi connectivity index (χ4n) is 2.86. The second-order valence-electron chi connectivity index (χ2n) is 6.19. The molecule has 5 nitrogen and oxygen atoms in total. The molecule has 0 bridgehead atoms. The third kappa shape index (κ3) is 2.46. The SMILES string of the molecule is Cc1nccn1CC1(CNc2cc(Cl)c3cc[nH]c3n2)CC1. The summed E-state index contributed by atoms with van der Waals surface area (Å²) in [5, 5.41) is 5.14. The summed E-state index contributed by atoms with van der Waals surface area (Å²) in [5.41, 5.74) is 1.13. The van der Waals surface area contributed by atoms with Crippen molar-refractivity contribution < 1.29 is 0 Å². The molecular formula is C16H18ClN5. The fourth-order valence-corrected chi connectivity index (χ4v) is 3.12. The fraction of sp³-hybridized carbons (Fsp3) is 0.375. The third-order valence-corrected chi connectivity index (χ3v) is 4.82. The number of aromatic nitrogens is 4. The molecule has 22 heavy (non-hydrogen) atoms. The van der Waals surface area contributed by atoms with E-state index in [1.165, 1.54) is 12.8 Å². The van der Waals surface area contributed by atoms with Crippen molar-refractivity contribution in [1.82, 2.24) is 19.5 Å². The van der Waals surface area contributed by atoms with Crippen LogP contribution in [0.25, 0.3) is 11.0 Å². The number of H-pyrrole nitrogens is 1. The Labute approximate surface area is 133 Å². The maximum Gasteiger partial charge on any atom is 0.141 e. The highest BCUT2D eigenvalue weighted by molar-refractivity contribution is 6.35. The number of aromatic amines is 1. The Kier molecular flexibility index (Phi) is 3.11. The van der Waals surface area contributed by atoms with Crippen LogP contribution in [0.2, 0.25) is 5.02 Å². The standard InChI is InChI=1S/C16H18ClN5/c1-11-18-6-7-22(11)10-16(3-4-16)9-20-14-8-13(17)12-2-5-19-15(12)21-14/h2,5-8H,3-4,9-10H2,1H3,(H2,19,20,21). The Morgan fingerprint density at radius 2 is 2.32 bits per heavy atom. The predicted octanol–water partition coefficient (Wildman–Crippen LogP) is 3.61. The van der Waals surface area contributed by atoms with Crippen molar-refractivity contribution in [1.29, 1.82) is 0 Å². The van der Waals surface area contributed by atoms with Gasteiger partial charge in [-0.1, -0.05) is 11.6 Å². The Hall–Kier alpha value is -2.01. The van der Waals surface area contributed by atoms with Crippen LogP contribution < -0.4 is 5.32 Å². The molecule has 114 valence electrons. The molecule has 0 radical (unpaired) electrons. The van der Waals surface area contributed by atoms with Crippen molar-refractivity contribution in [2.75, 3.05) is 11.9 Å². The number of rotatable bonds is 5. The minimum Gasteiger partial charge on any atom is -0.369 e. The molecule has 0 amide bonds. The van der Waals surface area contributed by atoms with Gasteiger partial charge in [0.15, 0.2) is 0 Å². The molecule has 3 aromatic heterocycles. The van der Waals surface area contributed by atoms with Crippen molar-refractivity contribution >= 4 is 28.5 Å². The van der Waals surface area contributed by atoms with Gasteiger partial charge in [-0.25, -0.2) is 9.97 Å². The van der Waals surface area contributed by atoms with Gasteiger partial charge in [-0.2, -0.15) is 0 Å². The highest BCUT2D eigenvalue weighted by Crippen LogP contribution is 2.47. The Balaban J connectivity index is 1.48. The number of aryl methyl sites for hydroxylation is 1. The van der Waals surface area contributed by atoms with E-state index in [-0.39, 0.29) is 0 Å². The van der Waals surface area contributed by atoms with E-state index in [1.807, 2.05) is 31.5 Å². The van der Waals surface area contributed by atoms with Gasteiger partial charge in [-0.15, -0.1) is 0 Å². The summed E-state index contributed by atoms with van der Waals surface area (Å²) in [6, 6.07) is 3.84. The molecule has 0 unspecified atom stereocenters. The molecule has 0 aromatic carbocycles. The molecule has 0 atom stereocenters. The summed E-state index contributed by atoms with van der Waals surface area (Å²) in [6.07, 6.45) is 8.23. The van der Waals surface area contributed by atoms with E-state index < -0.39 is 0 Å². The van der Waals surface area contributed by atoms with Gasteiger partial charge in [0.25, 0.3) is 0 Å². The van der Waals surface area contributed by atoms with Crippen LogP contribution in [0.4, 0.5) is 5.82 Å². The molecule has 1 saturated carbocycles. The number of nitrogens with one attached hydrogen (secondary N) is 2. The normalized spacial score (nSPS) is 16.1. The average molecular weight is 316 g/mol. The minimum atomic E-state index is 0.310. The molecule has 0 spiro atoms. The number of nitrogens with zero attached hydrogens (tertiary/aromatic N) is 3. The van der Waals surface area contributed by atoms with Gasteiger partial charge in [-0.3, -0.25) is 0 Å². The van der Waals surface area contributed by atoms with Crippen molar-refractivity contribution in [2.24, 2.45) is 5.41 Å². The molecule has 3 aromatic rings. The summed E-state index contributed by atoms with van der Waals surface area (Å²) < 4.78 is 2.23. The molecule has 0 aliphatic heterocycles. The zero-order valence-electron chi connectivity index (χ0n) is 12.4.